The van der Waals surface area contributed by atoms with Gasteiger partial charge in [-0.25, -0.2) is 0 Å². The van der Waals surface area contributed by atoms with Crippen molar-refractivity contribution >= 4 is 0 Å². The number of benzene rings is 1. The van der Waals surface area contributed by atoms with E-state index in [1.165, 1.54) is 30.4 Å². The summed E-state index contributed by atoms with van der Waals surface area (Å²) in [7, 11) is 0. The Labute approximate surface area is 120 Å². The van der Waals surface area contributed by atoms with Crippen LogP contribution in [-0.2, 0) is 12.8 Å². The second kappa shape index (κ2) is 7.72. The molecule has 19 heavy (non-hydrogen) atoms. The van der Waals surface area contributed by atoms with E-state index in [1.54, 1.807) is 0 Å². The smallest absolute Gasteiger partial charge is 0.0245 e. The molecule has 0 atom stereocenters. The van der Waals surface area contributed by atoms with Crippen LogP contribution in [0.1, 0.15) is 59.1 Å². The normalized spacial score (nSPS) is 12.1. The second-order valence-electron chi connectivity index (χ2n) is 7.11. The quantitative estimate of drug-likeness (QED) is 0.586. The van der Waals surface area contributed by atoms with Crippen LogP contribution in [0.15, 0.2) is 24.3 Å². The van der Waals surface area contributed by atoms with Crippen molar-refractivity contribution in [3.8, 4) is 0 Å². The molecule has 0 amide bonds. The van der Waals surface area contributed by atoms with Crippen molar-refractivity contribution in [2.45, 2.75) is 60.8 Å². The van der Waals surface area contributed by atoms with Gasteiger partial charge in [-0.15, -0.1) is 0 Å². The van der Waals surface area contributed by atoms with E-state index >= 15 is 0 Å². The maximum atomic E-state index is 2.35. The lowest BCUT2D eigenvalue weighted by Crippen LogP contribution is -2.18. The zero-order chi connectivity index (χ0) is 14.4. The largest absolute Gasteiger partial charge is 0.0628 e. The van der Waals surface area contributed by atoms with Gasteiger partial charge in [-0.3, -0.25) is 0 Å². The lowest BCUT2D eigenvalue weighted by Gasteiger charge is -2.25. The van der Waals surface area contributed by atoms with Crippen molar-refractivity contribution in [3.63, 3.8) is 0 Å². The number of hydrogen-bond donors (Lipinski definition) is 0. The number of rotatable bonds is 7. The van der Waals surface area contributed by atoms with E-state index in [1.807, 2.05) is 0 Å². The minimum Gasteiger partial charge on any atom is -0.0628 e. The highest BCUT2D eigenvalue weighted by molar-refractivity contribution is 5.23. The third kappa shape index (κ3) is 5.80. The molecule has 1 aromatic carbocycles. The molecule has 0 aliphatic carbocycles. The maximum Gasteiger partial charge on any atom is -0.0245 e. The van der Waals surface area contributed by atoms with Crippen LogP contribution in [0.25, 0.3) is 0 Å². The van der Waals surface area contributed by atoms with Gasteiger partial charge in [0, 0.05) is 0 Å². The molecule has 0 bridgehead atoms. The van der Waals surface area contributed by atoms with Gasteiger partial charge in [-0.2, -0.15) is 0 Å². The predicted octanol–water partition coefficient (Wildman–Crippen LogP) is 5.75. The molecule has 0 aromatic heterocycles. The fraction of sp³-hybridized carbons (Fsp3) is 0.684. The Kier molecular flexibility index (Phi) is 6.62. The first-order chi connectivity index (χ1) is 8.90. The average molecular weight is 260 g/mol. The Morgan fingerprint density at radius 3 is 1.63 bits per heavy atom. The molecule has 0 radical (unpaired) electrons. The van der Waals surface area contributed by atoms with Crippen molar-refractivity contribution in [3.05, 3.63) is 35.4 Å². The van der Waals surface area contributed by atoms with E-state index in [4.69, 9.17) is 0 Å². The fourth-order valence-corrected chi connectivity index (χ4v) is 2.81. The molecule has 0 spiro atoms. The van der Waals surface area contributed by atoms with Gasteiger partial charge in [-0.1, -0.05) is 65.8 Å². The SMILES string of the molecule is CC(C)CCc1ccc(CC(C(C)C)C(C)C)cc1. The van der Waals surface area contributed by atoms with E-state index in [0.29, 0.717) is 0 Å². The van der Waals surface area contributed by atoms with Crippen molar-refractivity contribution in [1.82, 2.24) is 0 Å². The molecule has 0 saturated heterocycles. The van der Waals surface area contributed by atoms with Crippen LogP contribution < -0.4 is 0 Å². The van der Waals surface area contributed by atoms with Crippen LogP contribution in [0.5, 0.6) is 0 Å². The first-order valence-electron chi connectivity index (χ1n) is 7.98. The Bertz CT molecular complexity index is 335. The van der Waals surface area contributed by atoms with Crippen molar-refractivity contribution in [2.24, 2.45) is 23.7 Å². The van der Waals surface area contributed by atoms with Gasteiger partial charge in [0.1, 0.15) is 0 Å². The van der Waals surface area contributed by atoms with Gasteiger partial charge in [0.05, 0.1) is 0 Å². The van der Waals surface area contributed by atoms with Gasteiger partial charge in [-0.05, 0) is 54.1 Å². The summed E-state index contributed by atoms with van der Waals surface area (Å²) >= 11 is 0. The molecule has 108 valence electrons. The van der Waals surface area contributed by atoms with Gasteiger partial charge < -0.3 is 0 Å². The summed E-state index contributed by atoms with van der Waals surface area (Å²) in [5, 5.41) is 0. The highest BCUT2D eigenvalue weighted by Gasteiger charge is 2.17. The van der Waals surface area contributed by atoms with Crippen LogP contribution in [-0.4, -0.2) is 0 Å². The van der Waals surface area contributed by atoms with Crippen LogP contribution in [0.4, 0.5) is 0 Å². The molecule has 0 nitrogen and oxygen atoms in total. The molecular formula is C19H32. The summed E-state index contributed by atoms with van der Waals surface area (Å²) in [5.41, 5.74) is 2.99. The average Bonchev–Trinajstić information content (AvgIpc) is 2.34. The van der Waals surface area contributed by atoms with Gasteiger partial charge in [0.25, 0.3) is 0 Å². The van der Waals surface area contributed by atoms with Gasteiger partial charge in [0.15, 0.2) is 0 Å². The van der Waals surface area contributed by atoms with Crippen molar-refractivity contribution in [1.29, 1.82) is 0 Å². The summed E-state index contributed by atoms with van der Waals surface area (Å²) < 4.78 is 0. The first kappa shape index (κ1) is 16.3. The van der Waals surface area contributed by atoms with Gasteiger partial charge >= 0.3 is 0 Å². The summed E-state index contributed by atoms with van der Waals surface area (Å²) in [6.07, 6.45) is 3.73. The molecule has 1 rings (SSSR count). The Hall–Kier alpha value is -0.780. The Balaban J connectivity index is 2.60. The fourth-order valence-electron chi connectivity index (χ4n) is 2.81. The molecular weight excluding hydrogens is 228 g/mol. The van der Waals surface area contributed by atoms with E-state index < -0.39 is 0 Å². The molecule has 1 aromatic rings. The maximum absolute atomic E-state index is 2.35. The zero-order valence-corrected chi connectivity index (χ0v) is 13.7. The highest BCUT2D eigenvalue weighted by atomic mass is 14.2. The number of hydrogen-bond acceptors (Lipinski definition) is 0. The van der Waals surface area contributed by atoms with E-state index in [2.05, 4.69) is 65.8 Å². The van der Waals surface area contributed by atoms with Crippen LogP contribution in [0.3, 0.4) is 0 Å². The Morgan fingerprint density at radius 2 is 1.21 bits per heavy atom. The molecule has 0 fully saturated rings. The first-order valence-corrected chi connectivity index (χ1v) is 7.98. The van der Waals surface area contributed by atoms with Crippen LogP contribution >= 0.6 is 0 Å². The molecule has 0 heteroatoms. The summed E-state index contributed by atoms with van der Waals surface area (Å²) in [5.74, 6) is 3.12. The zero-order valence-electron chi connectivity index (χ0n) is 13.7. The minimum absolute atomic E-state index is 0.764. The van der Waals surface area contributed by atoms with Crippen LogP contribution in [0, 0.1) is 23.7 Å². The van der Waals surface area contributed by atoms with E-state index in [9.17, 15) is 0 Å². The summed E-state index contributed by atoms with van der Waals surface area (Å²) in [6.45, 7) is 14.0. The van der Waals surface area contributed by atoms with Crippen molar-refractivity contribution in [2.75, 3.05) is 0 Å². The monoisotopic (exact) mass is 260 g/mol. The number of aryl methyl sites for hydroxylation is 1. The lowest BCUT2D eigenvalue weighted by atomic mass is 9.81. The summed E-state index contributed by atoms with van der Waals surface area (Å²) in [6, 6.07) is 9.34. The second-order valence-corrected chi connectivity index (χ2v) is 7.11. The lowest BCUT2D eigenvalue weighted by molar-refractivity contribution is 0.286. The molecule has 0 aliphatic heterocycles. The molecule has 0 saturated carbocycles. The Morgan fingerprint density at radius 1 is 0.737 bits per heavy atom. The van der Waals surface area contributed by atoms with Crippen molar-refractivity contribution < 1.29 is 0 Å². The third-order valence-electron chi connectivity index (χ3n) is 4.22. The van der Waals surface area contributed by atoms with Gasteiger partial charge in [0.2, 0.25) is 0 Å². The predicted molar refractivity (Wildman–Crippen MR) is 86.5 cm³/mol. The molecule has 0 N–H and O–H groups in total. The molecule has 0 heterocycles. The topological polar surface area (TPSA) is 0 Å². The summed E-state index contributed by atoms with van der Waals surface area (Å²) in [4.78, 5) is 0. The minimum atomic E-state index is 0.764. The molecule has 0 unspecified atom stereocenters. The molecule has 0 aliphatic rings. The standard InChI is InChI=1S/C19H32/c1-14(2)7-8-17-9-11-18(12-10-17)13-19(15(3)4)16(5)6/h9-12,14-16,19H,7-8,13H2,1-6H3. The van der Waals surface area contributed by atoms with E-state index in [0.717, 1.165) is 23.7 Å². The third-order valence-corrected chi connectivity index (χ3v) is 4.22. The van der Waals surface area contributed by atoms with E-state index in [-0.39, 0.29) is 0 Å². The van der Waals surface area contributed by atoms with Crippen LogP contribution in [0.2, 0.25) is 0 Å². The highest BCUT2D eigenvalue weighted by Crippen LogP contribution is 2.25.